The minimum Gasteiger partial charge on any atom is -0.348 e. The van der Waals surface area contributed by atoms with Crippen molar-refractivity contribution in [3.05, 3.63) is 70.0 Å². The lowest BCUT2D eigenvalue weighted by Crippen LogP contribution is -2.40. The topological polar surface area (TPSA) is 49.4 Å². The van der Waals surface area contributed by atoms with E-state index in [1.54, 1.807) is 7.05 Å². The summed E-state index contributed by atoms with van der Waals surface area (Å²) in [6, 6.07) is 10.9. The summed E-state index contributed by atoms with van der Waals surface area (Å²) < 4.78 is 13.0. The zero-order chi connectivity index (χ0) is 18.7. The molecule has 6 heteroatoms. The van der Waals surface area contributed by atoms with Gasteiger partial charge in [-0.1, -0.05) is 17.7 Å². The molecule has 0 bridgehead atoms. The van der Waals surface area contributed by atoms with Gasteiger partial charge in [0.05, 0.1) is 12.6 Å². The van der Waals surface area contributed by atoms with Crippen molar-refractivity contribution in [1.82, 2.24) is 10.2 Å². The fraction of sp³-hybridized carbons (Fsp3) is 0.300. The second-order valence-electron chi connectivity index (χ2n) is 6.52. The first-order valence-electron chi connectivity index (χ1n) is 8.53. The maximum absolute atomic E-state index is 13.0. The van der Waals surface area contributed by atoms with Crippen molar-refractivity contribution in [2.24, 2.45) is 0 Å². The summed E-state index contributed by atoms with van der Waals surface area (Å²) in [6.45, 7) is -0.0669. The molecule has 4 nitrogen and oxygen atoms in total. The minimum absolute atomic E-state index is 0.0669. The van der Waals surface area contributed by atoms with Crippen molar-refractivity contribution in [2.75, 3.05) is 13.6 Å². The van der Waals surface area contributed by atoms with E-state index < -0.39 is 5.82 Å². The number of amides is 2. The average Bonchev–Trinajstić information content (AvgIpc) is 2.62. The van der Waals surface area contributed by atoms with Gasteiger partial charge in [-0.3, -0.25) is 9.59 Å². The van der Waals surface area contributed by atoms with Crippen LogP contribution >= 0.6 is 11.6 Å². The van der Waals surface area contributed by atoms with E-state index in [2.05, 4.69) is 5.32 Å². The summed E-state index contributed by atoms with van der Waals surface area (Å²) in [7, 11) is 1.55. The van der Waals surface area contributed by atoms with Crippen LogP contribution in [-0.2, 0) is 11.2 Å². The van der Waals surface area contributed by atoms with Gasteiger partial charge in [0.25, 0.3) is 5.91 Å². The number of hydrogen-bond donors (Lipinski definition) is 1. The monoisotopic (exact) mass is 374 g/mol. The molecule has 0 spiro atoms. The maximum atomic E-state index is 13.0. The smallest absolute Gasteiger partial charge is 0.254 e. The molecule has 2 aromatic rings. The molecule has 0 saturated heterocycles. The lowest BCUT2D eigenvalue weighted by atomic mass is 9.87. The normalized spacial score (nSPS) is 15.9. The predicted octanol–water partition coefficient (Wildman–Crippen LogP) is 3.74. The number of likely N-dealkylation sites (N-methyl/N-ethyl adjacent to an activating group) is 1. The second-order valence-corrected chi connectivity index (χ2v) is 6.96. The van der Waals surface area contributed by atoms with Crippen LogP contribution in [0.3, 0.4) is 0 Å². The highest BCUT2D eigenvalue weighted by Gasteiger charge is 2.23. The van der Waals surface area contributed by atoms with Crippen LogP contribution in [0.1, 0.15) is 40.4 Å². The molecule has 26 heavy (non-hydrogen) atoms. The van der Waals surface area contributed by atoms with Crippen LogP contribution in [0.4, 0.5) is 4.39 Å². The fourth-order valence-corrected chi connectivity index (χ4v) is 3.44. The predicted molar refractivity (Wildman–Crippen MR) is 98.6 cm³/mol. The van der Waals surface area contributed by atoms with Crippen molar-refractivity contribution in [3.63, 3.8) is 0 Å². The number of aryl methyl sites for hydroxylation is 1. The molecule has 0 aliphatic heterocycles. The van der Waals surface area contributed by atoms with Crippen LogP contribution in [0.2, 0.25) is 5.02 Å². The molecule has 1 atom stereocenters. The van der Waals surface area contributed by atoms with Crippen LogP contribution < -0.4 is 5.32 Å². The number of hydrogen-bond acceptors (Lipinski definition) is 2. The van der Waals surface area contributed by atoms with E-state index in [0.29, 0.717) is 10.6 Å². The second kappa shape index (κ2) is 7.87. The largest absolute Gasteiger partial charge is 0.348 e. The number of rotatable bonds is 4. The van der Waals surface area contributed by atoms with E-state index in [9.17, 15) is 14.0 Å². The highest BCUT2D eigenvalue weighted by atomic mass is 35.5. The molecule has 1 N–H and O–H groups in total. The van der Waals surface area contributed by atoms with E-state index >= 15 is 0 Å². The van der Waals surface area contributed by atoms with Crippen LogP contribution in [0.25, 0.3) is 0 Å². The molecular formula is C20H20ClFN2O2. The van der Waals surface area contributed by atoms with Gasteiger partial charge in [-0.2, -0.15) is 0 Å². The molecule has 136 valence electrons. The standard InChI is InChI=1S/C20H20ClFN2O2/c1-24(20(26)14-6-9-16(22)10-7-14)12-19(25)23-18-4-2-3-13-5-8-15(21)11-17(13)18/h5-11,18H,2-4,12H2,1H3,(H,23,25)/t18-/m1/s1. The quantitative estimate of drug-likeness (QED) is 0.886. The summed E-state index contributed by atoms with van der Waals surface area (Å²) >= 11 is 6.09. The summed E-state index contributed by atoms with van der Waals surface area (Å²) in [5.41, 5.74) is 2.59. The maximum Gasteiger partial charge on any atom is 0.254 e. The molecule has 0 radical (unpaired) electrons. The van der Waals surface area contributed by atoms with Gasteiger partial charge >= 0.3 is 0 Å². The Balaban J connectivity index is 1.63. The Morgan fingerprint density at radius 1 is 1.23 bits per heavy atom. The number of nitrogens with one attached hydrogen (secondary N) is 1. The van der Waals surface area contributed by atoms with Crippen LogP contribution in [-0.4, -0.2) is 30.3 Å². The molecular weight excluding hydrogens is 355 g/mol. The molecule has 0 aromatic heterocycles. The van der Waals surface area contributed by atoms with E-state index in [4.69, 9.17) is 11.6 Å². The van der Waals surface area contributed by atoms with Crippen LogP contribution in [0, 0.1) is 5.82 Å². The Bertz CT molecular complexity index is 823. The lowest BCUT2D eigenvalue weighted by Gasteiger charge is -2.27. The summed E-state index contributed by atoms with van der Waals surface area (Å²) in [4.78, 5) is 26.1. The summed E-state index contributed by atoms with van der Waals surface area (Å²) in [6.07, 6.45) is 2.81. The molecule has 3 rings (SSSR count). The van der Waals surface area contributed by atoms with Gasteiger partial charge in [0, 0.05) is 17.6 Å². The third-order valence-corrected chi connectivity index (χ3v) is 4.81. The van der Waals surface area contributed by atoms with Crippen molar-refractivity contribution in [3.8, 4) is 0 Å². The average molecular weight is 375 g/mol. The van der Waals surface area contributed by atoms with Crippen LogP contribution in [0.15, 0.2) is 42.5 Å². The van der Waals surface area contributed by atoms with Gasteiger partial charge in [0.1, 0.15) is 5.82 Å². The molecule has 2 aromatic carbocycles. The molecule has 1 aliphatic carbocycles. The van der Waals surface area contributed by atoms with Crippen molar-refractivity contribution in [1.29, 1.82) is 0 Å². The Hall–Kier alpha value is -2.40. The SMILES string of the molecule is CN(CC(=O)N[C@@H]1CCCc2ccc(Cl)cc21)C(=O)c1ccc(F)cc1. The number of carbonyl (C=O) groups is 2. The van der Waals surface area contributed by atoms with Gasteiger partial charge in [-0.05, 0) is 66.8 Å². The van der Waals surface area contributed by atoms with E-state index in [1.807, 2.05) is 18.2 Å². The lowest BCUT2D eigenvalue weighted by molar-refractivity contribution is -0.122. The number of nitrogens with zero attached hydrogens (tertiary/aromatic N) is 1. The van der Waals surface area contributed by atoms with Gasteiger partial charge < -0.3 is 10.2 Å². The summed E-state index contributed by atoms with van der Waals surface area (Å²) in [5.74, 6) is -0.968. The molecule has 0 saturated carbocycles. The molecule has 2 amide bonds. The molecule has 0 heterocycles. The highest BCUT2D eigenvalue weighted by molar-refractivity contribution is 6.30. The highest BCUT2D eigenvalue weighted by Crippen LogP contribution is 2.31. The fourth-order valence-electron chi connectivity index (χ4n) is 3.26. The van der Waals surface area contributed by atoms with Crippen molar-refractivity contribution in [2.45, 2.75) is 25.3 Å². The van der Waals surface area contributed by atoms with Gasteiger partial charge in [0.15, 0.2) is 0 Å². The third-order valence-electron chi connectivity index (χ3n) is 4.58. The number of benzene rings is 2. The van der Waals surface area contributed by atoms with Crippen molar-refractivity contribution >= 4 is 23.4 Å². The Morgan fingerprint density at radius 2 is 1.96 bits per heavy atom. The van der Waals surface area contributed by atoms with Gasteiger partial charge in [-0.25, -0.2) is 4.39 Å². The number of halogens is 2. The van der Waals surface area contributed by atoms with Crippen LogP contribution in [0.5, 0.6) is 0 Å². The van der Waals surface area contributed by atoms with E-state index in [1.165, 1.54) is 34.7 Å². The van der Waals surface area contributed by atoms with Gasteiger partial charge in [0.2, 0.25) is 5.91 Å². The van der Waals surface area contributed by atoms with Gasteiger partial charge in [-0.15, -0.1) is 0 Å². The molecule has 1 aliphatic rings. The van der Waals surface area contributed by atoms with E-state index in [0.717, 1.165) is 24.8 Å². The Labute approximate surface area is 157 Å². The zero-order valence-corrected chi connectivity index (χ0v) is 15.2. The first-order valence-corrected chi connectivity index (χ1v) is 8.90. The first-order chi connectivity index (χ1) is 12.4. The third kappa shape index (κ3) is 4.22. The van der Waals surface area contributed by atoms with E-state index in [-0.39, 0.29) is 24.4 Å². The molecule has 0 fully saturated rings. The first kappa shape index (κ1) is 18.4. The number of carbonyl (C=O) groups excluding carboxylic acids is 2. The number of fused-ring (bicyclic) bond motifs is 1. The summed E-state index contributed by atoms with van der Waals surface area (Å²) in [5, 5.41) is 3.64. The minimum atomic E-state index is -0.406. The Kier molecular flexibility index (Phi) is 5.57. The Morgan fingerprint density at radius 3 is 2.69 bits per heavy atom. The zero-order valence-electron chi connectivity index (χ0n) is 14.5. The molecule has 0 unspecified atom stereocenters. The van der Waals surface area contributed by atoms with Crippen molar-refractivity contribution < 1.29 is 14.0 Å².